The van der Waals surface area contributed by atoms with Gasteiger partial charge in [-0.1, -0.05) is 0 Å². The molecule has 1 aromatic carbocycles. The Bertz CT molecular complexity index is 612. The molecule has 2 rings (SSSR count). The van der Waals surface area contributed by atoms with Crippen LogP contribution in [0.4, 0.5) is 0 Å². The van der Waals surface area contributed by atoms with Gasteiger partial charge in [0.2, 0.25) is 0 Å². The van der Waals surface area contributed by atoms with Crippen molar-refractivity contribution in [2.24, 2.45) is 5.73 Å². The SMILES string of the molecule is COc1ccc(C(C)=O)c2oc(C(N)=O)cc12. The standard InChI is InChI=1S/C12H11NO4/c1-6(14)7-3-4-9(16-2)8-5-10(12(13)15)17-11(7)8/h3-5H,1-2H3,(H2,13,15). The van der Waals surface area contributed by atoms with Gasteiger partial charge < -0.3 is 14.9 Å². The third kappa shape index (κ3) is 1.75. The second-order valence-electron chi connectivity index (χ2n) is 3.59. The Kier molecular flexibility index (Phi) is 2.59. The first kappa shape index (κ1) is 11.2. The fourth-order valence-electron chi connectivity index (χ4n) is 1.68. The van der Waals surface area contributed by atoms with Crippen LogP contribution in [0.25, 0.3) is 11.0 Å². The highest BCUT2D eigenvalue weighted by Gasteiger charge is 2.17. The molecule has 0 fully saturated rings. The molecule has 88 valence electrons. The smallest absolute Gasteiger partial charge is 0.284 e. The van der Waals surface area contributed by atoms with Crippen LogP contribution in [-0.4, -0.2) is 18.8 Å². The predicted octanol–water partition coefficient (Wildman–Crippen LogP) is 1.74. The quantitative estimate of drug-likeness (QED) is 0.818. The number of carbonyl (C=O) groups excluding carboxylic acids is 2. The first-order valence-electron chi connectivity index (χ1n) is 4.96. The number of primary amides is 1. The number of fused-ring (bicyclic) bond motifs is 1. The van der Waals surface area contributed by atoms with Crippen molar-refractivity contribution in [3.05, 3.63) is 29.5 Å². The fourth-order valence-corrected chi connectivity index (χ4v) is 1.68. The van der Waals surface area contributed by atoms with E-state index in [2.05, 4.69) is 0 Å². The minimum Gasteiger partial charge on any atom is -0.496 e. The summed E-state index contributed by atoms with van der Waals surface area (Å²) in [6, 6.07) is 4.72. The van der Waals surface area contributed by atoms with Gasteiger partial charge in [0, 0.05) is 6.07 Å². The van der Waals surface area contributed by atoms with Crippen molar-refractivity contribution in [3.8, 4) is 5.75 Å². The Labute approximate surface area is 97.1 Å². The maximum atomic E-state index is 11.4. The number of ether oxygens (including phenoxy) is 1. The van der Waals surface area contributed by atoms with Crippen LogP contribution in [0.15, 0.2) is 22.6 Å². The van der Waals surface area contributed by atoms with Gasteiger partial charge in [-0.05, 0) is 19.1 Å². The van der Waals surface area contributed by atoms with E-state index in [9.17, 15) is 9.59 Å². The largest absolute Gasteiger partial charge is 0.496 e. The topological polar surface area (TPSA) is 82.5 Å². The van der Waals surface area contributed by atoms with E-state index in [-0.39, 0.29) is 11.5 Å². The third-order valence-electron chi connectivity index (χ3n) is 2.49. The van der Waals surface area contributed by atoms with Gasteiger partial charge in [0.25, 0.3) is 5.91 Å². The lowest BCUT2D eigenvalue weighted by molar-refractivity contribution is 0.0971. The van der Waals surface area contributed by atoms with Crippen LogP contribution in [0.5, 0.6) is 5.75 Å². The lowest BCUT2D eigenvalue weighted by Crippen LogP contribution is -2.09. The monoisotopic (exact) mass is 233 g/mol. The number of rotatable bonds is 3. The van der Waals surface area contributed by atoms with Crippen LogP contribution >= 0.6 is 0 Å². The lowest BCUT2D eigenvalue weighted by Gasteiger charge is -2.02. The van der Waals surface area contributed by atoms with Gasteiger partial charge in [-0.3, -0.25) is 9.59 Å². The Morgan fingerprint density at radius 2 is 2.06 bits per heavy atom. The van der Waals surface area contributed by atoms with E-state index in [1.54, 1.807) is 12.1 Å². The number of methoxy groups -OCH3 is 1. The highest BCUT2D eigenvalue weighted by atomic mass is 16.5. The molecule has 2 aromatic rings. The zero-order valence-electron chi connectivity index (χ0n) is 9.44. The number of carbonyl (C=O) groups is 2. The van der Waals surface area contributed by atoms with Crippen molar-refractivity contribution in [3.63, 3.8) is 0 Å². The van der Waals surface area contributed by atoms with Crippen LogP contribution < -0.4 is 10.5 Å². The number of nitrogens with two attached hydrogens (primary N) is 1. The van der Waals surface area contributed by atoms with Crippen molar-refractivity contribution < 1.29 is 18.7 Å². The Hall–Kier alpha value is -2.30. The highest BCUT2D eigenvalue weighted by molar-refractivity contribution is 6.08. The summed E-state index contributed by atoms with van der Waals surface area (Å²) in [5.74, 6) is -0.297. The van der Waals surface area contributed by atoms with Crippen molar-refractivity contribution in [2.45, 2.75) is 6.92 Å². The molecule has 1 heterocycles. The van der Waals surface area contributed by atoms with E-state index in [0.29, 0.717) is 22.3 Å². The van der Waals surface area contributed by atoms with Gasteiger partial charge >= 0.3 is 0 Å². The normalized spacial score (nSPS) is 10.5. The molecule has 0 aliphatic rings. The van der Waals surface area contributed by atoms with E-state index in [4.69, 9.17) is 14.9 Å². The minimum absolute atomic E-state index is 0.00648. The molecule has 5 nitrogen and oxygen atoms in total. The molecule has 0 aliphatic carbocycles. The molecule has 0 unspecified atom stereocenters. The van der Waals surface area contributed by atoms with E-state index in [1.807, 2.05) is 0 Å². The molecule has 1 amide bonds. The average molecular weight is 233 g/mol. The van der Waals surface area contributed by atoms with Crippen molar-refractivity contribution >= 4 is 22.7 Å². The van der Waals surface area contributed by atoms with E-state index in [1.165, 1.54) is 20.1 Å². The maximum absolute atomic E-state index is 11.4. The molecule has 2 N–H and O–H groups in total. The number of amides is 1. The number of Topliss-reactive ketones (excluding diaryl/α,β-unsaturated/α-hetero) is 1. The molecule has 0 aliphatic heterocycles. The molecular formula is C12H11NO4. The van der Waals surface area contributed by atoms with Crippen LogP contribution in [-0.2, 0) is 0 Å². The van der Waals surface area contributed by atoms with Crippen LogP contribution in [0.3, 0.4) is 0 Å². The van der Waals surface area contributed by atoms with Gasteiger partial charge in [-0.15, -0.1) is 0 Å². The second-order valence-corrected chi connectivity index (χ2v) is 3.59. The Balaban J connectivity index is 2.81. The number of ketones is 1. The average Bonchev–Trinajstić information content (AvgIpc) is 2.71. The number of hydrogen-bond donors (Lipinski definition) is 1. The number of furan rings is 1. The molecule has 0 saturated carbocycles. The summed E-state index contributed by atoms with van der Waals surface area (Å²) in [4.78, 5) is 22.5. The summed E-state index contributed by atoms with van der Waals surface area (Å²) in [5.41, 5.74) is 5.86. The third-order valence-corrected chi connectivity index (χ3v) is 2.49. The van der Waals surface area contributed by atoms with Gasteiger partial charge in [0.1, 0.15) is 11.3 Å². The van der Waals surface area contributed by atoms with E-state index < -0.39 is 5.91 Å². The molecular weight excluding hydrogens is 222 g/mol. The van der Waals surface area contributed by atoms with Crippen LogP contribution in [0.2, 0.25) is 0 Å². The van der Waals surface area contributed by atoms with Gasteiger partial charge in [0.05, 0.1) is 18.1 Å². The summed E-state index contributed by atoms with van der Waals surface area (Å²) in [7, 11) is 1.50. The second kappa shape index (κ2) is 3.93. The maximum Gasteiger partial charge on any atom is 0.284 e. The summed E-state index contributed by atoms with van der Waals surface area (Å²) < 4.78 is 10.4. The summed E-state index contributed by atoms with van der Waals surface area (Å²) >= 11 is 0. The lowest BCUT2D eigenvalue weighted by atomic mass is 10.1. The first-order valence-corrected chi connectivity index (χ1v) is 4.96. The summed E-state index contributed by atoms with van der Waals surface area (Å²) in [6.45, 7) is 1.42. The molecule has 0 saturated heterocycles. The number of hydrogen-bond acceptors (Lipinski definition) is 4. The molecule has 5 heteroatoms. The molecule has 0 bridgehead atoms. The van der Waals surface area contributed by atoms with Crippen molar-refractivity contribution in [2.75, 3.05) is 7.11 Å². The Morgan fingerprint density at radius 1 is 1.35 bits per heavy atom. The summed E-state index contributed by atoms with van der Waals surface area (Å²) in [5, 5.41) is 0.564. The Morgan fingerprint density at radius 3 is 2.59 bits per heavy atom. The zero-order chi connectivity index (χ0) is 12.6. The minimum atomic E-state index is -0.683. The molecule has 0 atom stereocenters. The van der Waals surface area contributed by atoms with Crippen LogP contribution in [0.1, 0.15) is 27.8 Å². The first-order chi connectivity index (χ1) is 8.04. The zero-order valence-corrected chi connectivity index (χ0v) is 9.44. The predicted molar refractivity (Wildman–Crippen MR) is 61.3 cm³/mol. The van der Waals surface area contributed by atoms with Gasteiger partial charge in [-0.25, -0.2) is 0 Å². The van der Waals surface area contributed by atoms with Crippen molar-refractivity contribution in [1.29, 1.82) is 0 Å². The molecule has 1 aromatic heterocycles. The molecule has 0 radical (unpaired) electrons. The summed E-state index contributed by atoms with van der Waals surface area (Å²) in [6.07, 6.45) is 0. The van der Waals surface area contributed by atoms with Gasteiger partial charge in [-0.2, -0.15) is 0 Å². The van der Waals surface area contributed by atoms with Gasteiger partial charge in [0.15, 0.2) is 11.5 Å². The van der Waals surface area contributed by atoms with E-state index in [0.717, 1.165) is 0 Å². The number of benzene rings is 1. The highest BCUT2D eigenvalue weighted by Crippen LogP contribution is 2.31. The van der Waals surface area contributed by atoms with E-state index >= 15 is 0 Å². The molecule has 17 heavy (non-hydrogen) atoms. The molecule has 0 spiro atoms. The van der Waals surface area contributed by atoms with Crippen LogP contribution in [0, 0.1) is 0 Å². The fraction of sp³-hybridized carbons (Fsp3) is 0.167. The van der Waals surface area contributed by atoms with Crippen molar-refractivity contribution in [1.82, 2.24) is 0 Å².